The minimum atomic E-state index is -0.751. The first kappa shape index (κ1) is 26.1. The first-order valence-corrected chi connectivity index (χ1v) is 12.8. The second-order valence-electron chi connectivity index (χ2n) is 9.07. The molecule has 0 fully saturated rings. The summed E-state index contributed by atoms with van der Waals surface area (Å²) in [6.07, 6.45) is 0. The highest BCUT2D eigenvalue weighted by Gasteiger charge is 2.43. The third-order valence-corrected chi connectivity index (χ3v) is 7.11. The summed E-state index contributed by atoms with van der Waals surface area (Å²) in [5.41, 5.74) is 5.12. The van der Waals surface area contributed by atoms with Gasteiger partial charge in [0.1, 0.15) is 6.61 Å². The number of ether oxygens (including phenoxy) is 3. The fraction of sp³-hybridized carbons (Fsp3) is 0.194. The Hall–Kier alpha value is -4.54. The largest absolute Gasteiger partial charge is 0.490 e. The van der Waals surface area contributed by atoms with Crippen LogP contribution in [0.3, 0.4) is 0 Å². The van der Waals surface area contributed by atoms with Gasteiger partial charge in [0.15, 0.2) is 17.3 Å². The zero-order valence-corrected chi connectivity index (χ0v) is 22.4. The number of nitrogens with one attached hydrogen (secondary N) is 1. The van der Waals surface area contributed by atoms with Crippen LogP contribution in [0.4, 0.5) is 0 Å². The molecule has 0 saturated heterocycles. The number of nitriles is 1. The summed E-state index contributed by atoms with van der Waals surface area (Å²) in [6.45, 7) is 4.05. The van der Waals surface area contributed by atoms with Gasteiger partial charge < -0.3 is 19.5 Å². The van der Waals surface area contributed by atoms with Crippen molar-refractivity contribution >= 4 is 29.1 Å². The number of hydrogen-bond donors (Lipinski definition) is 1. The van der Waals surface area contributed by atoms with Crippen LogP contribution < -0.4 is 14.8 Å². The summed E-state index contributed by atoms with van der Waals surface area (Å²) in [4.78, 5) is 26.7. The fourth-order valence-electron chi connectivity index (χ4n) is 5.11. The van der Waals surface area contributed by atoms with Gasteiger partial charge in [-0.3, -0.25) is 4.79 Å². The summed E-state index contributed by atoms with van der Waals surface area (Å²) >= 11 is 6.78. The van der Waals surface area contributed by atoms with Gasteiger partial charge in [0.2, 0.25) is 0 Å². The van der Waals surface area contributed by atoms with Crippen LogP contribution in [0.15, 0.2) is 77.5 Å². The number of benzene rings is 3. The monoisotopic (exact) mass is 540 g/mol. The maximum Gasteiger partial charge on any atom is 0.336 e. The molecule has 0 spiro atoms. The van der Waals surface area contributed by atoms with Gasteiger partial charge in [0, 0.05) is 33.9 Å². The number of carbonyl (C=O) groups is 2. The number of rotatable bonds is 7. The first-order valence-electron chi connectivity index (χ1n) is 12.4. The second-order valence-corrected chi connectivity index (χ2v) is 9.48. The lowest BCUT2D eigenvalue weighted by molar-refractivity contribution is -0.136. The van der Waals surface area contributed by atoms with Crippen molar-refractivity contribution in [3.05, 3.63) is 110 Å². The van der Waals surface area contributed by atoms with Gasteiger partial charge in [-0.05, 0) is 37.6 Å². The van der Waals surface area contributed by atoms with Crippen LogP contribution in [0.1, 0.15) is 52.4 Å². The zero-order valence-electron chi connectivity index (χ0n) is 21.6. The van der Waals surface area contributed by atoms with E-state index in [1.54, 1.807) is 37.3 Å². The third-order valence-electron chi connectivity index (χ3n) is 6.83. The smallest absolute Gasteiger partial charge is 0.336 e. The highest BCUT2D eigenvalue weighted by atomic mass is 35.5. The summed E-state index contributed by atoms with van der Waals surface area (Å²) < 4.78 is 17.1. The van der Waals surface area contributed by atoms with E-state index < -0.39 is 11.9 Å². The molecule has 1 heterocycles. The molecule has 0 unspecified atom stereocenters. The minimum absolute atomic E-state index is 0.103. The van der Waals surface area contributed by atoms with Crippen molar-refractivity contribution in [2.24, 2.45) is 0 Å². The molecule has 1 N–H and O–H groups in total. The lowest BCUT2D eigenvalue weighted by Crippen LogP contribution is -2.29. The molecular formula is C31H25ClN2O5. The topological polar surface area (TPSA) is 97.7 Å². The number of carbonyl (C=O) groups excluding carboxylic acids is 2. The van der Waals surface area contributed by atoms with Crippen molar-refractivity contribution < 1.29 is 23.8 Å². The Labute approximate surface area is 231 Å². The molecule has 8 heteroatoms. The number of halogens is 1. The third kappa shape index (κ3) is 4.53. The summed E-state index contributed by atoms with van der Waals surface area (Å²) in [6, 6.07) is 20.1. The van der Waals surface area contributed by atoms with E-state index in [0.717, 1.165) is 5.56 Å². The molecule has 0 bridgehead atoms. The van der Waals surface area contributed by atoms with Gasteiger partial charge >= 0.3 is 5.97 Å². The Balaban J connectivity index is 1.62. The molecule has 3 aromatic carbocycles. The molecular weight excluding hydrogens is 516 g/mol. The van der Waals surface area contributed by atoms with E-state index in [9.17, 15) is 14.9 Å². The summed E-state index contributed by atoms with van der Waals surface area (Å²) in [7, 11) is 1.31. The van der Waals surface area contributed by atoms with Gasteiger partial charge in [-0.25, -0.2) is 4.79 Å². The van der Waals surface area contributed by atoms with E-state index >= 15 is 0 Å². The van der Waals surface area contributed by atoms with Crippen LogP contribution in [-0.4, -0.2) is 25.5 Å². The highest BCUT2D eigenvalue weighted by molar-refractivity contribution is 6.32. The van der Waals surface area contributed by atoms with Crippen LogP contribution in [0, 0.1) is 11.3 Å². The molecule has 196 valence electrons. The molecule has 2 aliphatic rings. The summed E-state index contributed by atoms with van der Waals surface area (Å²) in [5, 5.41) is 12.9. The number of Topliss-reactive ketones (excluding diaryl/α,β-unsaturated/α-hetero) is 1. The Morgan fingerprint density at radius 2 is 1.79 bits per heavy atom. The molecule has 39 heavy (non-hydrogen) atoms. The standard InChI is InChI=1S/C31H25ClN2O5/c1-4-38-24-14-20(13-23(32)30(24)39-16-19-10-6-5-9-18(19)15-33)26-25(31(36)37-3)17(2)34-28-21-11-7-8-12-22(21)29(35)27(26)28/h5-14,26,34H,4,16H2,1-3H3/t26-/m1/s1. The van der Waals surface area contributed by atoms with E-state index in [1.807, 2.05) is 37.3 Å². The average molecular weight is 541 g/mol. The summed E-state index contributed by atoms with van der Waals surface area (Å²) in [5.74, 6) is -0.810. The molecule has 0 aromatic heterocycles. The molecule has 7 nitrogen and oxygen atoms in total. The molecule has 1 aliphatic carbocycles. The Kier molecular flexibility index (Phi) is 7.14. The number of allylic oxidation sites excluding steroid dienone is 2. The Morgan fingerprint density at radius 3 is 2.51 bits per heavy atom. The van der Waals surface area contributed by atoms with Gasteiger partial charge in [0.05, 0.1) is 41.6 Å². The van der Waals surface area contributed by atoms with Crippen LogP contribution in [0.25, 0.3) is 5.70 Å². The molecule has 1 atom stereocenters. The Bertz CT molecular complexity index is 1620. The number of esters is 1. The maximum atomic E-state index is 13.7. The van der Waals surface area contributed by atoms with E-state index in [2.05, 4.69) is 11.4 Å². The van der Waals surface area contributed by atoms with E-state index in [-0.39, 0.29) is 17.4 Å². The average Bonchev–Trinajstić information content (AvgIpc) is 3.22. The molecule has 5 rings (SSSR count). The lowest BCUT2D eigenvalue weighted by Gasteiger charge is -2.29. The molecule has 0 amide bonds. The quantitative estimate of drug-likeness (QED) is 0.371. The second kappa shape index (κ2) is 10.7. The highest BCUT2D eigenvalue weighted by Crippen LogP contribution is 2.49. The van der Waals surface area contributed by atoms with Crippen molar-refractivity contribution in [1.82, 2.24) is 5.32 Å². The zero-order chi connectivity index (χ0) is 27.7. The predicted molar refractivity (Wildman–Crippen MR) is 146 cm³/mol. The normalized spacial score (nSPS) is 15.8. The van der Waals surface area contributed by atoms with Crippen molar-refractivity contribution in [2.75, 3.05) is 13.7 Å². The van der Waals surface area contributed by atoms with Crippen molar-refractivity contribution in [3.63, 3.8) is 0 Å². The Morgan fingerprint density at radius 1 is 1.08 bits per heavy atom. The van der Waals surface area contributed by atoms with Crippen molar-refractivity contribution in [2.45, 2.75) is 26.4 Å². The lowest BCUT2D eigenvalue weighted by atomic mass is 9.79. The van der Waals surface area contributed by atoms with Gasteiger partial charge in [0.25, 0.3) is 0 Å². The number of fused-ring (bicyclic) bond motifs is 2. The number of ketones is 1. The maximum absolute atomic E-state index is 13.7. The minimum Gasteiger partial charge on any atom is -0.490 e. The molecule has 3 aromatic rings. The SMILES string of the molecule is CCOc1cc([C@@H]2C(C(=O)OC)=C(C)NC3=C2C(=O)c2ccccc23)cc(Cl)c1OCc1ccccc1C#N. The van der Waals surface area contributed by atoms with Crippen LogP contribution in [0.2, 0.25) is 5.02 Å². The number of nitrogens with zero attached hydrogens (tertiary/aromatic N) is 1. The molecule has 1 aliphatic heterocycles. The fourth-order valence-corrected chi connectivity index (χ4v) is 5.38. The molecule has 0 radical (unpaired) electrons. The van der Waals surface area contributed by atoms with E-state index in [4.69, 9.17) is 25.8 Å². The van der Waals surface area contributed by atoms with Gasteiger partial charge in [-0.15, -0.1) is 0 Å². The molecule has 0 saturated carbocycles. The van der Waals surface area contributed by atoms with Crippen molar-refractivity contribution in [1.29, 1.82) is 5.26 Å². The van der Waals surface area contributed by atoms with E-state index in [1.165, 1.54) is 7.11 Å². The number of methoxy groups -OCH3 is 1. The first-order chi connectivity index (χ1) is 18.9. The van der Waals surface area contributed by atoms with Gasteiger partial charge in [-0.1, -0.05) is 54.1 Å². The van der Waals surface area contributed by atoms with Crippen LogP contribution in [0.5, 0.6) is 11.5 Å². The van der Waals surface area contributed by atoms with Crippen LogP contribution >= 0.6 is 11.6 Å². The number of hydrogen-bond acceptors (Lipinski definition) is 7. The number of dihydropyridines is 1. The van der Waals surface area contributed by atoms with Crippen molar-refractivity contribution in [3.8, 4) is 17.6 Å². The van der Waals surface area contributed by atoms with E-state index in [0.29, 0.717) is 62.9 Å². The van der Waals surface area contributed by atoms with Crippen LogP contribution in [-0.2, 0) is 16.1 Å². The van der Waals surface area contributed by atoms with Gasteiger partial charge in [-0.2, -0.15) is 5.26 Å². The predicted octanol–water partition coefficient (Wildman–Crippen LogP) is 5.93.